The molecular formula is C11H21N3O. The van der Waals surface area contributed by atoms with E-state index in [1.165, 1.54) is 0 Å². The molecule has 0 aliphatic rings. The summed E-state index contributed by atoms with van der Waals surface area (Å²) in [6, 6.07) is 0. The first-order valence-corrected chi connectivity index (χ1v) is 5.43. The highest BCUT2D eigenvalue weighted by molar-refractivity contribution is 5.52. The van der Waals surface area contributed by atoms with Crippen molar-refractivity contribution >= 4 is 5.69 Å². The lowest BCUT2D eigenvalue weighted by molar-refractivity contribution is 0.0928. The molecule has 15 heavy (non-hydrogen) atoms. The molecule has 0 radical (unpaired) electrons. The molecule has 0 saturated heterocycles. The Bertz CT molecular complexity index is 342. The van der Waals surface area contributed by atoms with Crippen LogP contribution in [0.5, 0.6) is 5.88 Å². The van der Waals surface area contributed by atoms with Gasteiger partial charge >= 0.3 is 0 Å². The fourth-order valence-corrected chi connectivity index (χ4v) is 1.23. The third-order valence-electron chi connectivity index (χ3n) is 2.65. The maximum Gasteiger partial charge on any atom is 0.236 e. The Kier molecular flexibility index (Phi) is 3.27. The van der Waals surface area contributed by atoms with E-state index in [9.17, 15) is 0 Å². The van der Waals surface area contributed by atoms with Crippen LogP contribution in [-0.4, -0.2) is 15.4 Å². The van der Waals surface area contributed by atoms with Gasteiger partial charge in [0.1, 0.15) is 11.3 Å². The average Bonchev–Trinajstić information content (AvgIpc) is 2.45. The van der Waals surface area contributed by atoms with Crippen molar-refractivity contribution in [2.24, 2.45) is 0 Å². The average molecular weight is 211 g/mol. The van der Waals surface area contributed by atoms with Gasteiger partial charge in [0.25, 0.3) is 0 Å². The minimum absolute atomic E-state index is 0.201. The third kappa shape index (κ3) is 2.43. The predicted molar refractivity (Wildman–Crippen MR) is 62.0 cm³/mol. The van der Waals surface area contributed by atoms with Crippen LogP contribution >= 0.6 is 0 Å². The molecular weight excluding hydrogens is 190 g/mol. The number of nitrogen functional groups attached to an aromatic ring is 1. The number of aromatic nitrogens is 2. The van der Waals surface area contributed by atoms with Gasteiger partial charge in [-0.2, -0.15) is 5.10 Å². The van der Waals surface area contributed by atoms with Gasteiger partial charge in [-0.15, -0.1) is 0 Å². The summed E-state index contributed by atoms with van der Waals surface area (Å²) >= 11 is 0. The predicted octanol–water partition coefficient (Wildman–Crippen LogP) is 2.36. The van der Waals surface area contributed by atoms with Crippen LogP contribution in [0.4, 0.5) is 5.69 Å². The molecule has 1 aromatic rings. The Hall–Kier alpha value is -1.19. The molecule has 0 saturated carbocycles. The van der Waals surface area contributed by atoms with Crippen molar-refractivity contribution < 1.29 is 4.74 Å². The summed E-state index contributed by atoms with van der Waals surface area (Å²) in [7, 11) is 0. The second kappa shape index (κ2) is 4.13. The molecule has 4 nitrogen and oxygen atoms in total. The zero-order chi connectivity index (χ0) is 11.6. The van der Waals surface area contributed by atoms with E-state index in [1.54, 1.807) is 0 Å². The van der Waals surface area contributed by atoms with Gasteiger partial charge in [-0.3, -0.25) is 0 Å². The molecule has 1 heterocycles. The topological polar surface area (TPSA) is 53.1 Å². The first-order chi connectivity index (χ1) is 6.91. The SMILES string of the molecule is CCn1nc(C)c(N)c1OC(C)(C)CC. The van der Waals surface area contributed by atoms with E-state index in [1.807, 2.05) is 18.5 Å². The zero-order valence-electron chi connectivity index (χ0n) is 10.3. The Labute approximate surface area is 91.4 Å². The number of hydrogen-bond donors (Lipinski definition) is 1. The van der Waals surface area contributed by atoms with Crippen molar-refractivity contribution in [1.82, 2.24) is 9.78 Å². The summed E-state index contributed by atoms with van der Waals surface area (Å²) in [5.41, 5.74) is 7.22. The lowest BCUT2D eigenvalue weighted by Crippen LogP contribution is -2.28. The van der Waals surface area contributed by atoms with Crippen molar-refractivity contribution in [3.8, 4) is 5.88 Å². The number of nitrogens with zero attached hydrogens (tertiary/aromatic N) is 2. The number of ether oxygens (including phenoxy) is 1. The van der Waals surface area contributed by atoms with Gasteiger partial charge in [0.2, 0.25) is 5.88 Å². The zero-order valence-corrected chi connectivity index (χ0v) is 10.3. The lowest BCUT2D eigenvalue weighted by Gasteiger charge is -2.25. The number of hydrogen-bond acceptors (Lipinski definition) is 3. The van der Waals surface area contributed by atoms with Gasteiger partial charge in [-0.05, 0) is 34.1 Å². The van der Waals surface area contributed by atoms with Crippen molar-refractivity contribution in [3.63, 3.8) is 0 Å². The fourth-order valence-electron chi connectivity index (χ4n) is 1.23. The third-order valence-corrected chi connectivity index (χ3v) is 2.65. The standard InChI is InChI=1S/C11H21N3O/c1-6-11(4,5)15-10-9(12)8(3)13-14(10)7-2/h6-7,12H2,1-5H3. The van der Waals surface area contributed by atoms with Gasteiger partial charge in [0, 0.05) is 6.54 Å². The van der Waals surface area contributed by atoms with Crippen LogP contribution in [0.2, 0.25) is 0 Å². The Morgan fingerprint density at radius 1 is 1.40 bits per heavy atom. The second-order valence-electron chi connectivity index (χ2n) is 4.34. The summed E-state index contributed by atoms with van der Waals surface area (Å²) in [5, 5.41) is 4.31. The molecule has 1 rings (SSSR count). The van der Waals surface area contributed by atoms with Crippen LogP contribution in [0.15, 0.2) is 0 Å². The maximum atomic E-state index is 5.93. The normalized spacial score (nSPS) is 11.8. The Morgan fingerprint density at radius 2 is 2.00 bits per heavy atom. The number of nitrogens with two attached hydrogens (primary N) is 1. The molecule has 0 aliphatic heterocycles. The van der Waals surface area contributed by atoms with E-state index in [4.69, 9.17) is 10.5 Å². The molecule has 0 fully saturated rings. The van der Waals surface area contributed by atoms with E-state index in [0.29, 0.717) is 11.6 Å². The second-order valence-corrected chi connectivity index (χ2v) is 4.34. The van der Waals surface area contributed by atoms with Crippen LogP contribution in [0.25, 0.3) is 0 Å². The molecule has 2 N–H and O–H groups in total. The van der Waals surface area contributed by atoms with Gasteiger partial charge < -0.3 is 10.5 Å². The molecule has 0 amide bonds. The van der Waals surface area contributed by atoms with Crippen molar-refractivity contribution in [1.29, 1.82) is 0 Å². The Balaban J connectivity index is 3.03. The molecule has 86 valence electrons. The summed E-state index contributed by atoms with van der Waals surface area (Å²) in [6.45, 7) is 10.9. The Morgan fingerprint density at radius 3 is 2.47 bits per heavy atom. The quantitative estimate of drug-likeness (QED) is 0.831. The molecule has 0 aromatic carbocycles. The number of aryl methyl sites for hydroxylation is 2. The van der Waals surface area contributed by atoms with Crippen molar-refractivity contribution in [2.75, 3.05) is 5.73 Å². The van der Waals surface area contributed by atoms with Crippen LogP contribution in [0.1, 0.15) is 39.8 Å². The van der Waals surface area contributed by atoms with Gasteiger partial charge in [-0.1, -0.05) is 6.92 Å². The minimum Gasteiger partial charge on any atom is -0.470 e. The first-order valence-electron chi connectivity index (χ1n) is 5.43. The molecule has 0 bridgehead atoms. The maximum absolute atomic E-state index is 5.93. The van der Waals surface area contributed by atoms with Gasteiger partial charge in [-0.25, -0.2) is 4.68 Å². The number of anilines is 1. The van der Waals surface area contributed by atoms with Gasteiger partial charge in [0.15, 0.2) is 0 Å². The molecule has 0 aliphatic carbocycles. The smallest absolute Gasteiger partial charge is 0.236 e. The van der Waals surface area contributed by atoms with E-state index in [-0.39, 0.29) is 5.60 Å². The fraction of sp³-hybridized carbons (Fsp3) is 0.727. The van der Waals surface area contributed by atoms with Crippen LogP contribution in [0.3, 0.4) is 0 Å². The van der Waals surface area contributed by atoms with Crippen molar-refractivity contribution in [2.45, 2.75) is 53.2 Å². The number of rotatable bonds is 4. The van der Waals surface area contributed by atoms with Crippen molar-refractivity contribution in [3.05, 3.63) is 5.69 Å². The first kappa shape index (κ1) is 11.9. The minimum atomic E-state index is -0.201. The molecule has 0 spiro atoms. The molecule has 1 aromatic heterocycles. The largest absolute Gasteiger partial charge is 0.470 e. The molecule has 0 unspecified atom stereocenters. The summed E-state index contributed by atoms with van der Waals surface area (Å²) in [5.74, 6) is 0.696. The van der Waals surface area contributed by atoms with Crippen LogP contribution in [0, 0.1) is 6.92 Å². The highest BCUT2D eigenvalue weighted by Crippen LogP contribution is 2.29. The summed E-state index contributed by atoms with van der Waals surface area (Å²) in [4.78, 5) is 0. The van der Waals surface area contributed by atoms with Crippen LogP contribution in [-0.2, 0) is 6.54 Å². The lowest BCUT2D eigenvalue weighted by atomic mass is 10.1. The molecule has 0 atom stereocenters. The van der Waals surface area contributed by atoms with E-state index < -0.39 is 0 Å². The van der Waals surface area contributed by atoms with E-state index in [0.717, 1.165) is 18.7 Å². The van der Waals surface area contributed by atoms with E-state index >= 15 is 0 Å². The van der Waals surface area contributed by atoms with E-state index in [2.05, 4.69) is 25.9 Å². The summed E-state index contributed by atoms with van der Waals surface area (Å²) < 4.78 is 7.71. The summed E-state index contributed by atoms with van der Waals surface area (Å²) in [6.07, 6.45) is 0.931. The monoisotopic (exact) mass is 211 g/mol. The molecule has 4 heteroatoms. The van der Waals surface area contributed by atoms with Crippen LogP contribution < -0.4 is 10.5 Å². The highest BCUT2D eigenvalue weighted by Gasteiger charge is 2.22. The van der Waals surface area contributed by atoms with Gasteiger partial charge in [0.05, 0.1) is 5.69 Å². The highest BCUT2D eigenvalue weighted by atomic mass is 16.5.